The maximum absolute atomic E-state index is 5.57. The van der Waals surface area contributed by atoms with E-state index in [0.29, 0.717) is 5.82 Å². The summed E-state index contributed by atoms with van der Waals surface area (Å²) < 4.78 is 1.89. The summed E-state index contributed by atoms with van der Waals surface area (Å²) in [5.41, 5.74) is 7.67. The molecule has 1 aromatic carbocycles. The van der Waals surface area contributed by atoms with Crippen molar-refractivity contribution < 1.29 is 0 Å². The molecule has 0 amide bonds. The largest absolute Gasteiger partial charge is 0.384 e. The van der Waals surface area contributed by atoms with E-state index in [4.69, 9.17) is 5.73 Å². The minimum absolute atomic E-state index is 0.544. The SMILES string of the molecule is Nc1ccc(SCc2ccn(-c3ccccc3)n2)cn1. The number of thioether (sulfide) groups is 1. The molecule has 0 aliphatic rings. The van der Waals surface area contributed by atoms with Gasteiger partial charge in [-0.2, -0.15) is 5.10 Å². The van der Waals surface area contributed by atoms with E-state index in [0.717, 1.165) is 22.0 Å². The standard InChI is InChI=1S/C15H14N4S/c16-15-7-6-14(10-17-15)20-11-12-8-9-19(18-12)13-4-2-1-3-5-13/h1-10H,11H2,(H2,16,17). The Labute approximate surface area is 121 Å². The van der Waals surface area contributed by atoms with Gasteiger partial charge in [0.1, 0.15) is 5.82 Å². The monoisotopic (exact) mass is 282 g/mol. The second-order valence-corrected chi connectivity index (χ2v) is 5.34. The summed E-state index contributed by atoms with van der Waals surface area (Å²) in [4.78, 5) is 5.17. The fourth-order valence-corrected chi connectivity index (χ4v) is 2.56. The zero-order valence-electron chi connectivity index (χ0n) is 10.8. The molecule has 20 heavy (non-hydrogen) atoms. The summed E-state index contributed by atoms with van der Waals surface area (Å²) in [7, 11) is 0. The molecule has 2 aromatic heterocycles. The van der Waals surface area contributed by atoms with Crippen molar-refractivity contribution >= 4 is 17.6 Å². The molecule has 0 aliphatic carbocycles. The summed E-state index contributed by atoms with van der Waals surface area (Å²) in [6.45, 7) is 0. The first-order chi connectivity index (χ1) is 9.81. The first kappa shape index (κ1) is 12.7. The topological polar surface area (TPSA) is 56.7 Å². The number of benzene rings is 1. The third kappa shape index (κ3) is 3.00. The lowest BCUT2D eigenvalue weighted by atomic mass is 10.3. The van der Waals surface area contributed by atoms with E-state index in [1.54, 1.807) is 18.0 Å². The van der Waals surface area contributed by atoms with Gasteiger partial charge < -0.3 is 5.73 Å². The average molecular weight is 282 g/mol. The number of rotatable bonds is 4. The number of hydrogen-bond acceptors (Lipinski definition) is 4. The molecule has 0 saturated heterocycles. The van der Waals surface area contributed by atoms with Gasteiger partial charge in [-0.3, -0.25) is 0 Å². The number of aromatic nitrogens is 3. The fourth-order valence-electron chi connectivity index (χ4n) is 1.80. The second kappa shape index (κ2) is 5.79. The van der Waals surface area contributed by atoms with Crippen LogP contribution in [0.4, 0.5) is 5.82 Å². The Morgan fingerprint density at radius 1 is 1.05 bits per heavy atom. The molecule has 0 bridgehead atoms. The summed E-state index contributed by atoms with van der Waals surface area (Å²) in [5, 5.41) is 4.56. The van der Waals surface area contributed by atoms with Gasteiger partial charge in [-0.25, -0.2) is 9.67 Å². The van der Waals surface area contributed by atoms with Gasteiger partial charge in [-0.05, 0) is 30.3 Å². The molecule has 2 heterocycles. The molecule has 0 saturated carbocycles. The number of nitrogens with two attached hydrogens (primary N) is 1. The highest BCUT2D eigenvalue weighted by molar-refractivity contribution is 7.98. The molecule has 0 atom stereocenters. The number of hydrogen-bond donors (Lipinski definition) is 1. The maximum Gasteiger partial charge on any atom is 0.123 e. The highest BCUT2D eigenvalue weighted by Crippen LogP contribution is 2.22. The number of anilines is 1. The zero-order chi connectivity index (χ0) is 13.8. The van der Waals surface area contributed by atoms with E-state index in [1.165, 1.54) is 0 Å². The highest BCUT2D eigenvalue weighted by atomic mass is 32.2. The Kier molecular flexibility index (Phi) is 3.69. The number of para-hydroxylation sites is 1. The molecule has 3 aromatic rings. The normalized spacial score (nSPS) is 10.6. The van der Waals surface area contributed by atoms with Gasteiger partial charge >= 0.3 is 0 Å². The van der Waals surface area contributed by atoms with E-state index >= 15 is 0 Å². The van der Waals surface area contributed by atoms with Gasteiger partial charge in [0.05, 0.1) is 11.4 Å². The van der Waals surface area contributed by atoms with Gasteiger partial charge in [0.15, 0.2) is 0 Å². The van der Waals surface area contributed by atoms with Crippen molar-refractivity contribution in [2.45, 2.75) is 10.6 Å². The molecular formula is C15H14N4S. The van der Waals surface area contributed by atoms with Gasteiger partial charge in [-0.1, -0.05) is 18.2 Å². The van der Waals surface area contributed by atoms with Crippen LogP contribution < -0.4 is 5.73 Å². The Hall–Kier alpha value is -2.27. The van der Waals surface area contributed by atoms with Gasteiger partial charge in [0.2, 0.25) is 0 Å². The maximum atomic E-state index is 5.57. The third-order valence-corrected chi connectivity index (χ3v) is 3.83. The second-order valence-electron chi connectivity index (χ2n) is 4.29. The third-order valence-electron chi connectivity index (χ3n) is 2.81. The lowest BCUT2D eigenvalue weighted by molar-refractivity contribution is 0.859. The first-order valence-corrected chi connectivity index (χ1v) is 7.24. The molecule has 5 heteroatoms. The Morgan fingerprint density at radius 3 is 2.65 bits per heavy atom. The van der Waals surface area contributed by atoms with Crippen LogP contribution in [0.25, 0.3) is 5.69 Å². The van der Waals surface area contributed by atoms with Crippen LogP contribution in [0.2, 0.25) is 0 Å². The molecule has 0 unspecified atom stereocenters. The Bertz CT molecular complexity index is 677. The summed E-state index contributed by atoms with van der Waals surface area (Å²) in [6.07, 6.45) is 3.76. The highest BCUT2D eigenvalue weighted by Gasteiger charge is 2.02. The quantitative estimate of drug-likeness (QED) is 0.747. The van der Waals surface area contributed by atoms with Crippen molar-refractivity contribution in [2.24, 2.45) is 0 Å². The minimum Gasteiger partial charge on any atom is -0.384 e. The predicted molar refractivity (Wildman–Crippen MR) is 81.8 cm³/mol. The molecule has 0 radical (unpaired) electrons. The zero-order valence-corrected chi connectivity index (χ0v) is 11.6. The molecule has 3 rings (SSSR count). The van der Waals surface area contributed by atoms with Crippen LogP contribution in [0.3, 0.4) is 0 Å². The van der Waals surface area contributed by atoms with Crippen LogP contribution >= 0.6 is 11.8 Å². The van der Waals surface area contributed by atoms with E-state index in [9.17, 15) is 0 Å². The van der Waals surface area contributed by atoms with Crippen LogP contribution in [0.15, 0.2) is 65.8 Å². The van der Waals surface area contributed by atoms with Crippen molar-refractivity contribution in [1.29, 1.82) is 0 Å². The predicted octanol–water partition coefficient (Wildman–Crippen LogP) is 3.14. The minimum atomic E-state index is 0.544. The molecule has 4 nitrogen and oxygen atoms in total. The number of pyridine rings is 1. The van der Waals surface area contributed by atoms with Crippen LogP contribution in [0, 0.1) is 0 Å². The molecule has 0 aliphatic heterocycles. The van der Waals surface area contributed by atoms with Gasteiger partial charge in [0.25, 0.3) is 0 Å². The van der Waals surface area contributed by atoms with E-state index in [2.05, 4.69) is 10.1 Å². The number of nitrogens with zero attached hydrogens (tertiary/aromatic N) is 3. The lowest BCUT2D eigenvalue weighted by Crippen LogP contribution is -1.95. The fraction of sp³-hybridized carbons (Fsp3) is 0.0667. The van der Waals surface area contributed by atoms with Crippen molar-refractivity contribution in [2.75, 3.05) is 5.73 Å². The Morgan fingerprint density at radius 2 is 1.90 bits per heavy atom. The van der Waals surface area contributed by atoms with Gasteiger partial charge in [-0.15, -0.1) is 11.8 Å². The van der Waals surface area contributed by atoms with E-state index in [-0.39, 0.29) is 0 Å². The molecule has 100 valence electrons. The van der Waals surface area contributed by atoms with Crippen LogP contribution in [-0.4, -0.2) is 14.8 Å². The molecular weight excluding hydrogens is 268 g/mol. The van der Waals surface area contributed by atoms with Crippen LogP contribution in [-0.2, 0) is 5.75 Å². The molecule has 2 N–H and O–H groups in total. The first-order valence-electron chi connectivity index (χ1n) is 6.25. The molecule has 0 fully saturated rings. The average Bonchev–Trinajstić information content (AvgIpc) is 2.97. The van der Waals surface area contributed by atoms with Crippen molar-refractivity contribution in [3.05, 3.63) is 66.6 Å². The summed E-state index contributed by atoms with van der Waals surface area (Å²) in [6, 6.07) is 15.9. The van der Waals surface area contributed by atoms with E-state index < -0.39 is 0 Å². The van der Waals surface area contributed by atoms with Gasteiger partial charge in [0, 0.05) is 23.0 Å². The summed E-state index contributed by atoms with van der Waals surface area (Å²) >= 11 is 1.70. The number of nitrogen functional groups attached to an aromatic ring is 1. The smallest absolute Gasteiger partial charge is 0.123 e. The van der Waals surface area contributed by atoms with Crippen LogP contribution in [0.5, 0.6) is 0 Å². The van der Waals surface area contributed by atoms with Crippen molar-refractivity contribution in [1.82, 2.24) is 14.8 Å². The van der Waals surface area contributed by atoms with Crippen molar-refractivity contribution in [3.63, 3.8) is 0 Å². The Balaban J connectivity index is 1.67. The summed E-state index contributed by atoms with van der Waals surface area (Å²) in [5.74, 6) is 1.36. The lowest BCUT2D eigenvalue weighted by Gasteiger charge is -2.01. The molecule has 0 spiro atoms. The van der Waals surface area contributed by atoms with Crippen LogP contribution in [0.1, 0.15) is 5.69 Å². The van der Waals surface area contributed by atoms with E-state index in [1.807, 2.05) is 59.4 Å². The van der Waals surface area contributed by atoms with Crippen molar-refractivity contribution in [3.8, 4) is 5.69 Å².